The van der Waals surface area contributed by atoms with Gasteiger partial charge in [-0.05, 0) is 22.4 Å². The van der Waals surface area contributed by atoms with Crippen LogP contribution < -0.4 is 5.43 Å². The number of carboxylic acid groups (broad SMARTS) is 1. The highest BCUT2D eigenvalue weighted by Crippen LogP contribution is 2.14. The number of hydrazone groups is 1. The van der Waals surface area contributed by atoms with Crippen LogP contribution in [0, 0.1) is 0 Å². The summed E-state index contributed by atoms with van der Waals surface area (Å²) in [5, 5.41) is 14.2. The molecule has 0 saturated carbocycles. The smallest absolute Gasteiger partial charge is 0.425 e. The van der Waals surface area contributed by atoms with E-state index in [-0.39, 0.29) is 0 Å². The normalized spacial score (nSPS) is 10.8. The molecule has 0 atom stereocenters. The standard InChI is InChI=1S/C12H10N2O2/c15-12(16)14-13-8-9-5-6-10-3-1-2-4-11(10)7-9/h1-8,14H,(H,15,16). The first kappa shape index (κ1) is 10.2. The van der Waals surface area contributed by atoms with Gasteiger partial charge in [-0.25, -0.2) is 10.2 Å². The van der Waals surface area contributed by atoms with Crippen LogP contribution in [0.4, 0.5) is 4.79 Å². The largest absolute Gasteiger partial charge is 0.464 e. The van der Waals surface area contributed by atoms with Gasteiger partial charge in [-0.2, -0.15) is 5.10 Å². The lowest BCUT2D eigenvalue weighted by Gasteiger charge is -1.98. The maximum atomic E-state index is 10.2. The summed E-state index contributed by atoms with van der Waals surface area (Å²) in [6.45, 7) is 0. The Morgan fingerprint density at radius 2 is 1.94 bits per heavy atom. The predicted octanol–water partition coefficient (Wildman–Crippen LogP) is 2.44. The monoisotopic (exact) mass is 214 g/mol. The molecule has 0 radical (unpaired) electrons. The summed E-state index contributed by atoms with van der Waals surface area (Å²) in [7, 11) is 0. The molecule has 0 spiro atoms. The third kappa shape index (κ3) is 2.36. The van der Waals surface area contributed by atoms with Crippen LogP contribution in [0.15, 0.2) is 47.6 Å². The maximum Gasteiger partial charge on any atom is 0.425 e. The summed E-state index contributed by atoms with van der Waals surface area (Å²) in [5.41, 5.74) is 2.78. The van der Waals surface area contributed by atoms with E-state index >= 15 is 0 Å². The summed E-state index contributed by atoms with van der Waals surface area (Å²) in [6, 6.07) is 13.7. The van der Waals surface area contributed by atoms with Crippen molar-refractivity contribution in [2.75, 3.05) is 0 Å². The molecule has 0 aliphatic carbocycles. The minimum absolute atomic E-state index is 0.854. The van der Waals surface area contributed by atoms with Crippen molar-refractivity contribution in [2.45, 2.75) is 0 Å². The third-order valence-electron chi connectivity index (χ3n) is 2.15. The molecule has 1 amide bonds. The van der Waals surface area contributed by atoms with E-state index in [1.165, 1.54) is 6.21 Å². The highest BCUT2D eigenvalue weighted by molar-refractivity contribution is 5.90. The van der Waals surface area contributed by atoms with Gasteiger partial charge in [-0.1, -0.05) is 36.4 Å². The number of hydrogen-bond acceptors (Lipinski definition) is 2. The number of hydrogen-bond donors (Lipinski definition) is 2. The van der Waals surface area contributed by atoms with Gasteiger partial charge in [0.05, 0.1) is 6.21 Å². The summed E-state index contributed by atoms with van der Waals surface area (Å²) in [4.78, 5) is 10.2. The fraction of sp³-hybridized carbons (Fsp3) is 0. The van der Waals surface area contributed by atoms with E-state index in [2.05, 4.69) is 5.10 Å². The van der Waals surface area contributed by atoms with Crippen LogP contribution in [0.1, 0.15) is 5.56 Å². The average Bonchev–Trinajstić information content (AvgIpc) is 2.28. The van der Waals surface area contributed by atoms with Gasteiger partial charge in [0.2, 0.25) is 0 Å². The van der Waals surface area contributed by atoms with E-state index in [1.54, 1.807) is 0 Å². The molecule has 2 aromatic carbocycles. The van der Waals surface area contributed by atoms with E-state index in [1.807, 2.05) is 47.9 Å². The molecule has 2 aromatic rings. The minimum Gasteiger partial charge on any atom is -0.464 e. The Bertz CT molecular complexity index is 549. The lowest BCUT2D eigenvalue weighted by molar-refractivity contribution is 0.195. The number of benzene rings is 2. The molecule has 4 nitrogen and oxygen atoms in total. The number of nitrogens with one attached hydrogen (secondary N) is 1. The van der Waals surface area contributed by atoms with Gasteiger partial charge < -0.3 is 5.11 Å². The third-order valence-corrected chi connectivity index (χ3v) is 2.15. The van der Waals surface area contributed by atoms with Crippen molar-refractivity contribution in [3.8, 4) is 0 Å². The Morgan fingerprint density at radius 1 is 1.19 bits per heavy atom. The average molecular weight is 214 g/mol. The Labute approximate surface area is 92.2 Å². The Hall–Kier alpha value is -2.36. The Morgan fingerprint density at radius 3 is 2.69 bits per heavy atom. The van der Waals surface area contributed by atoms with Crippen molar-refractivity contribution in [3.63, 3.8) is 0 Å². The minimum atomic E-state index is -1.17. The first-order chi connectivity index (χ1) is 7.75. The molecule has 0 heterocycles. The van der Waals surface area contributed by atoms with Gasteiger partial charge in [-0.15, -0.1) is 0 Å². The van der Waals surface area contributed by atoms with Gasteiger partial charge in [0, 0.05) is 0 Å². The summed E-state index contributed by atoms with van der Waals surface area (Å²) < 4.78 is 0. The molecule has 0 saturated heterocycles. The van der Waals surface area contributed by atoms with Crippen LogP contribution in [0.5, 0.6) is 0 Å². The molecule has 2 N–H and O–H groups in total. The fourth-order valence-corrected chi connectivity index (χ4v) is 1.45. The van der Waals surface area contributed by atoms with Crippen molar-refractivity contribution in [1.29, 1.82) is 0 Å². The number of carbonyl (C=O) groups is 1. The summed E-state index contributed by atoms with van der Waals surface area (Å²) in [5.74, 6) is 0. The van der Waals surface area contributed by atoms with Crippen LogP contribution >= 0.6 is 0 Å². The van der Waals surface area contributed by atoms with Gasteiger partial charge in [-0.3, -0.25) is 0 Å². The van der Waals surface area contributed by atoms with E-state index < -0.39 is 6.09 Å². The number of rotatable bonds is 2. The van der Waals surface area contributed by atoms with E-state index in [0.29, 0.717) is 0 Å². The van der Waals surface area contributed by atoms with Gasteiger partial charge in [0.1, 0.15) is 0 Å². The first-order valence-corrected chi connectivity index (χ1v) is 4.76. The molecule has 0 aliphatic rings. The van der Waals surface area contributed by atoms with Crippen LogP contribution in [-0.2, 0) is 0 Å². The SMILES string of the molecule is O=C(O)NN=Cc1ccc2ccccc2c1. The molecule has 80 valence electrons. The number of nitrogens with zero attached hydrogens (tertiary/aromatic N) is 1. The highest BCUT2D eigenvalue weighted by Gasteiger charge is 1.93. The molecule has 0 unspecified atom stereocenters. The zero-order chi connectivity index (χ0) is 11.4. The second-order valence-electron chi connectivity index (χ2n) is 3.28. The number of amides is 1. The van der Waals surface area contributed by atoms with Crippen molar-refractivity contribution in [2.24, 2.45) is 5.10 Å². The zero-order valence-corrected chi connectivity index (χ0v) is 8.42. The topological polar surface area (TPSA) is 61.7 Å². The lowest BCUT2D eigenvalue weighted by atomic mass is 10.1. The van der Waals surface area contributed by atoms with Crippen molar-refractivity contribution >= 4 is 23.1 Å². The molecule has 0 bridgehead atoms. The summed E-state index contributed by atoms with van der Waals surface area (Å²) in [6.07, 6.45) is 0.303. The number of fused-ring (bicyclic) bond motifs is 1. The molecule has 0 aromatic heterocycles. The second kappa shape index (κ2) is 4.44. The molecule has 4 heteroatoms. The van der Waals surface area contributed by atoms with E-state index in [9.17, 15) is 4.79 Å². The molecule has 0 aliphatic heterocycles. The zero-order valence-electron chi connectivity index (χ0n) is 8.42. The van der Waals surface area contributed by atoms with E-state index in [4.69, 9.17) is 5.11 Å². The van der Waals surface area contributed by atoms with Gasteiger partial charge >= 0.3 is 6.09 Å². The molecule has 16 heavy (non-hydrogen) atoms. The predicted molar refractivity (Wildman–Crippen MR) is 62.7 cm³/mol. The van der Waals surface area contributed by atoms with Crippen LogP contribution in [0.3, 0.4) is 0 Å². The van der Waals surface area contributed by atoms with Crippen LogP contribution in [0.25, 0.3) is 10.8 Å². The van der Waals surface area contributed by atoms with Gasteiger partial charge in [0.25, 0.3) is 0 Å². The first-order valence-electron chi connectivity index (χ1n) is 4.76. The van der Waals surface area contributed by atoms with Crippen molar-refractivity contribution < 1.29 is 9.90 Å². The molecular formula is C12H10N2O2. The van der Waals surface area contributed by atoms with Crippen LogP contribution in [-0.4, -0.2) is 17.4 Å². The Kier molecular flexibility index (Phi) is 2.82. The Balaban J connectivity index is 2.26. The fourth-order valence-electron chi connectivity index (χ4n) is 1.45. The summed E-state index contributed by atoms with van der Waals surface area (Å²) >= 11 is 0. The quantitative estimate of drug-likeness (QED) is 0.595. The van der Waals surface area contributed by atoms with Crippen molar-refractivity contribution in [1.82, 2.24) is 5.43 Å². The second-order valence-corrected chi connectivity index (χ2v) is 3.28. The molecule has 2 rings (SSSR count). The van der Waals surface area contributed by atoms with Gasteiger partial charge in [0.15, 0.2) is 0 Å². The van der Waals surface area contributed by atoms with Crippen LogP contribution in [0.2, 0.25) is 0 Å². The maximum absolute atomic E-state index is 10.2. The highest BCUT2D eigenvalue weighted by atomic mass is 16.4. The van der Waals surface area contributed by atoms with E-state index in [0.717, 1.165) is 16.3 Å². The molecular weight excluding hydrogens is 204 g/mol. The lowest BCUT2D eigenvalue weighted by Crippen LogP contribution is -2.13. The van der Waals surface area contributed by atoms with Crippen molar-refractivity contribution in [3.05, 3.63) is 48.0 Å². The molecule has 0 fully saturated rings.